The number of aromatic nitrogens is 2. The highest BCUT2D eigenvalue weighted by atomic mass is 28.4. The number of hydrogen-bond donors (Lipinski definition) is 1. The number of azide groups is 1. The van der Waals surface area contributed by atoms with Gasteiger partial charge in [0.05, 0.1) is 19.3 Å². The van der Waals surface area contributed by atoms with E-state index in [9.17, 15) is 9.59 Å². The van der Waals surface area contributed by atoms with E-state index in [4.69, 9.17) is 19.4 Å². The molecule has 0 radical (unpaired) electrons. The minimum atomic E-state index is -1.99. The summed E-state index contributed by atoms with van der Waals surface area (Å²) in [6.45, 7) is 13.9. The lowest BCUT2D eigenvalue weighted by Crippen LogP contribution is -2.44. The van der Waals surface area contributed by atoms with Gasteiger partial charge in [0, 0.05) is 29.6 Å². The SMILES string of the molecule is Cc1cn([C@H]2C[C@H](OC/C=C/CCCCN=[N+]=[N-])[C@@H](CO[Si](C)(C)C(C)(C)C)O2)c(=O)[nH]c1=O. The highest BCUT2D eigenvalue weighted by Gasteiger charge is 2.42. The summed E-state index contributed by atoms with van der Waals surface area (Å²) in [7, 11) is -1.99. The van der Waals surface area contributed by atoms with Crippen molar-refractivity contribution in [2.24, 2.45) is 5.11 Å². The quantitative estimate of drug-likeness (QED) is 0.114. The molecular weight excluding hydrogens is 454 g/mol. The van der Waals surface area contributed by atoms with Gasteiger partial charge in [0.1, 0.15) is 12.3 Å². The zero-order valence-corrected chi connectivity index (χ0v) is 22.2. The molecule has 2 heterocycles. The van der Waals surface area contributed by atoms with Crippen LogP contribution in [0.4, 0.5) is 0 Å². The van der Waals surface area contributed by atoms with Crippen LogP contribution in [0.5, 0.6) is 0 Å². The van der Waals surface area contributed by atoms with Gasteiger partial charge < -0.3 is 13.9 Å². The molecule has 0 saturated carbocycles. The first-order valence-corrected chi connectivity index (χ1v) is 14.8. The number of allylic oxidation sites excluding steroid dienone is 1. The van der Waals surface area contributed by atoms with Gasteiger partial charge in [-0.2, -0.15) is 0 Å². The van der Waals surface area contributed by atoms with E-state index >= 15 is 0 Å². The number of aromatic amines is 1. The lowest BCUT2D eigenvalue weighted by Gasteiger charge is -2.37. The van der Waals surface area contributed by atoms with Gasteiger partial charge in [-0.15, -0.1) is 0 Å². The largest absolute Gasteiger partial charge is 0.414 e. The van der Waals surface area contributed by atoms with Gasteiger partial charge >= 0.3 is 5.69 Å². The molecule has 0 bridgehead atoms. The van der Waals surface area contributed by atoms with Crippen molar-refractivity contribution >= 4 is 8.32 Å². The Morgan fingerprint density at radius 3 is 2.74 bits per heavy atom. The summed E-state index contributed by atoms with van der Waals surface area (Å²) >= 11 is 0. The topological polar surface area (TPSA) is 131 Å². The van der Waals surface area contributed by atoms with Crippen molar-refractivity contribution in [3.8, 4) is 0 Å². The zero-order valence-electron chi connectivity index (χ0n) is 21.2. The molecule has 1 aliphatic heterocycles. The molecule has 2 rings (SSSR count). The third-order valence-corrected chi connectivity index (χ3v) is 11.1. The second-order valence-electron chi connectivity index (χ2n) is 10.2. The number of rotatable bonds is 12. The van der Waals surface area contributed by atoms with Crippen molar-refractivity contribution in [3.63, 3.8) is 0 Å². The van der Waals surface area contributed by atoms with Crippen LogP contribution in [0, 0.1) is 6.92 Å². The average molecular weight is 494 g/mol. The minimum Gasteiger partial charge on any atom is -0.414 e. The first-order valence-electron chi connectivity index (χ1n) is 11.8. The molecule has 0 aliphatic carbocycles. The summed E-state index contributed by atoms with van der Waals surface area (Å²) in [6.07, 6.45) is 7.63. The van der Waals surface area contributed by atoms with Crippen molar-refractivity contribution in [2.75, 3.05) is 19.8 Å². The van der Waals surface area contributed by atoms with Crippen LogP contribution < -0.4 is 11.2 Å². The fraction of sp³-hybridized carbons (Fsp3) is 0.739. The number of H-pyrrole nitrogens is 1. The molecule has 34 heavy (non-hydrogen) atoms. The number of unbranched alkanes of at least 4 members (excludes halogenated alkanes) is 2. The normalized spacial score (nSPS) is 21.2. The Labute approximate surface area is 202 Å². The lowest BCUT2D eigenvalue weighted by molar-refractivity contribution is -0.0557. The summed E-state index contributed by atoms with van der Waals surface area (Å²) in [5, 5.41) is 3.59. The Kier molecular flexibility index (Phi) is 10.3. The van der Waals surface area contributed by atoms with Crippen molar-refractivity contribution in [1.29, 1.82) is 0 Å². The van der Waals surface area contributed by atoms with E-state index in [-0.39, 0.29) is 17.2 Å². The van der Waals surface area contributed by atoms with Crippen LogP contribution in [-0.2, 0) is 13.9 Å². The standard InChI is InChI=1S/C23H39N5O5Si/c1-17-15-28(22(30)26-21(17)29)20-14-18(31-13-11-9-7-8-10-12-25-27-24)19(33-20)16-32-34(5,6)23(2,3)4/h9,11,15,18-20H,7-8,10,12-14,16H2,1-6H3,(H,26,29,30)/b11-9+/t18-,19+,20+/m0/s1. The van der Waals surface area contributed by atoms with Gasteiger partial charge in [-0.1, -0.05) is 38.0 Å². The molecule has 1 aromatic heterocycles. The molecule has 190 valence electrons. The van der Waals surface area contributed by atoms with E-state index in [0.29, 0.717) is 31.7 Å². The van der Waals surface area contributed by atoms with Gasteiger partial charge in [-0.3, -0.25) is 14.3 Å². The highest BCUT2D eigenvalue weighted by molar-refractivity contribution is 6.74. The molecule has 3 atom stereocenters. The van der Waals surface area contributed by atoms with Gasteiger partial charge in [0.25, 0.3) is 5.56 Å². The van der Waals surface area contributed by atoms with E-state index in [2.05, 4.69) is 55.0 Å². The van der Waals surface area contributed by atoms with Crippen LogP contribution >= 0.6 is 0 Å². The Balaban J connectivity index is 2.04. The first-order chi connectivity index (χ1) is 16.0. The van der Waals surface area contributed by atoms with Gasteiger partial charge in [0.15, 0.2) is 8.32 Å². The third kappa shape index (κ3) is 7.95. The summed E-state index contributed by atoms with van der Waals surface area (Å²) in [4.78, 5) is 29.2. The molecule has 11 heteroatoms. The molecule has 1 aromatic rings. The molecule has 1 aliphatic rings. The second kappa shape index (κ2) is 12.5. The zero-order chi connectivity index (χ0) is 25.4. The summed E-state index contributed by atoms with van der Waals surface area (Å²) in [6, 6.07) is 0. The predicted molar refractivity (Wildman–Crippen MR) is 134 cm³/mol. The van der Waals surface area contributed by atoms with E-state index in [1.54, 1.807) is 6.92 Å². The monoisotopic (exact) mass is 493 g/mol. The van der Waals surface area contributed by atoms with E-state index < -0.39 is 25.8 Å². The summed E-state index contributed by atoms with van der Waals surface area (Å²) in [5.41, 5.74) is 7.86. The Morgan fingerprint density at radius 2 is 2.06 bits per heavy atom. The highest BCUT2D eigenvalue weighted by Crippen LogP contribution is 2.38. The fourth-order valence-corrected chi connectivity index (χ4v) is 4.37. The molecule has 0 amide bonds. The van der Waals surface area contributed by atoms with Gasteiger partial charge in [-0.05, 0) is 49.8 Å². The van der Waals surface area contributed by atoms with Crippen molar-refractivity contribution < 1.29 is 13.9 Å². The molecule has 0 unspecified atom stereocenters. The molecular formula is C23H39N5O5Si. The maximum absolute atomic E-state index is 12.4. The molecule has 10 nitrogen and oxygen atoms in total. The second-order valence-corrected chi connectivity index (χ2v) is 15.0. The number of nitrogens with one attached hydrogen (secondary N) is 1. The Bertz CT molecular complexity index is 991. The van der Waals surface area contributed by atoms with Crippen LogP contribution in [-0.4, -0.2) is 49.8 Å². The Hall–Kier alpha value is -2.17. The van der Waals surface area contributed by atoms with E-state index in [0.717, 1.165) is 19.3 Å². The maximum atomic E-state index is 12.4. The van der Waals surface area contributed by atoms with E-state index in [1.807, 2.05) is 6.08 Å². The number of hydrogen-bond acceptors (Lipinski definition) is 6. The van der Waals surface area contributed by atoms with Crippen LogP contribution in [0.3, 0.4) is 0 Å². The van der Waals surface area contributed by atoms with Crippen LogP contribution in [0.15, 0.2) is 33.1 Å². The average Bonchev–Trinajstić information content (AvgIpc) is 3.15. The van der Waals surface area contributed by atoms with Gasteiger partial charge in [-0.25, -0.2) is 4.79 Å². The molecule has 1 N–H and O–H groups in total. The van der Waals surface area contributed by atoms with Crippen molar-refractivity contribution in [2.45, 2.75) is 89.9 Å². The third-order valence-electron chi connectivity index (χ3n) is 6.57. The first kappa shape index (κ1) is 28.1. The molecule has 0 aromatic carbocycles. The maximum Gasteiger partial charge on any atom is 0.330 e. The molecule has 0 spiro atoms. The van der Waals surface area contributed by atoms with Crippen LogP contribution in [0.25, 0.3) is 10.4 Å². The number of nitrogens with zero attached hydrogens (tertiary/aromatic N) is 4. The van der Waals surface area contributed by atoms with E-state index in [1.165, 1.54) is 10.8 Å². The van der Waals surface area contributed by atoms with Crippen LogP contribution in [0.1, 0.15) is 58.2 Å². The minimum absolute atomic E-state index is 0.0651. The summed E-state index contributed by atoms with van der Waals surface area (Å²) in [5.74, 6) is 0. The number of aryl methyl sites for hydroxylation is 1. The smallest absolute Gasteiger partial charge is 0.330 e. The molecule has 1 saturated heterocycles. The summed E-state index contributed by atoms with van der Waals surface area (Å²) < 4.78 is 20.2. The van der Waals surface area contributed by atoms with Crippen molar-refractivity contribution in [3.05, 3.63) is 55.2 Å². The van der Waals surface area contributed by atoms with Crippen LogP contribution in [0.2, 0.25) is 18.1 Å². The predicted octanol–water partition coefficient (Wildman–Crippen LogP) is 4.58. The fourth-order valence-electron chi connectivity index (χ4n) is 3.36. The molecule has 1 fully saturated rings. The Morgan fingerprint density at radius 1 is 1.32 bits per heavy atom. The van der Waals surface area contributed by atoms with Gasteiger partial charge in [0.2, 0.25) is 0 Å². The van der Waals surface area contributed by atoms with Crippen molar-refractivity contribution in [1.82, 2.24) is 9.55 Å². The lowest BCUT2D eigenvalue weighted by atomic mass is 10.2. The number of ether oxygens (including phenoxy) is 2.